The van der Waals surface area contributed by atoms with Crippen LogP contribution < -0.4 is 10.2 Å². The molecule has 0 aliphatic carbocycles. The Morgan fingerprint density at radius 1 is 1.26 bits per heavy atom. The van der Waals surface area contributed by atoms with Gasteiger partial charge in [-0.25, -0.2) is 15.0 Å². The summed E-state index contributed by atoms with van der Waals surface area (Å²) in [6.45, 7) is 5.38. The molecule has 2 aromatic rings. The molecule has 0 saturated carbocycles. The Kier molecular flexibility index (Phi) is 4.50. The summed E-state index contributed by atoms with van der Waals surface area (Å²) in [4.78, 5) is 27.6. The van der Waals surface area contributed by atoms with Gasteiger partial charge in [-0.3, -0.25) is 4.79 Å². The van der Waals surface area contributed by atoms with Crippen molar-refractivity contribution in [1.29, 1.82) is 0 Å². The van der Waals surface area contributed by atoms with Crippen LogP contribution in [-0.2, 0) is 4.79 Å². The number of anilines is 2. The predicted octanol–water partition coefficient (Wildman–Crippen LogP) is 2.34. The molecule has 6 heteroatoms. The van der Waals surface area contributed by atoms with Crippen molar-refractivity contribution in [3.8, 4) is 0 Å². The number of carbonyl (C=O) groups excluding carboxylic acids is 1. The maximum atomic E-state index is 12.5. The van der Waals surface area contributed by atoms with E-state index in [1.807, 2.05) is 38.1 Å². The Balaban J connectivity index is 1.67. The molecule has 1 atom stereocenters. The van der Waals surface area contributed by atoms with Crippen LogP contribution in [-0.4, -0.2) is 33.9 Å². The van der Waals surface area contributed by atoms with Gasteiger partial charge in [0, 0.05) is 25.0 Å². The van der Waals surface area contributed by atoms with Crippen LogP contribution in [0.2, 0.25) is 0 Å². The number of carbonyl (C=O) groups is 1. The summed E-state index contributed by atoms with van der Waals surface area (Å²) in [5.41, 5.74) is 0.893. The highest BCUT2D eigenvalue weighted by Gasteiger charge is 2.26. The van der Waals surface area contributed by atoms with Gasteiger partial charge in [-0.2, -0.15) is 0 Å². The number of hydrogen-bond donors (Lipinski definition) is 1. The van der Waals surface area contributed by atoms with Gasteiger partial charge in [-0.05, 0) is 44.9 Å². The zero-order valence-corrected chi connectivity index (χ0v) is 13.5. The molecule has 120 valence electrons. The van der Waals surface area contributed by atoms with Gasteiger partial charge in [0.05, 0.1) is 5.92 Å². The van der Waals surface area contributed by atoms with Crippen molar-refractivity contribution in [3.63, 3.8) is 0 Å². The molecule has 3 heterocycles. The van der Waals surface area contributed by atoms with Crippen LogP contribution >= 0.6 is 0 Å². The molecule has 0 radical (unpaired) electrons. The third-order valence-electron chi connectivity index (χ3n) is 4.02. The van der Waals surface area contributed by atoms with Crippen LogP contribution in [0.5, 0.6) is 0 Å². The molecule has 1 aliphatic heterocycles. The van der Waals surface area contributed by atoms with Gasteiger partial charge in [0.1, 0.15) is 17.5 Å². The SMILES string of the molecule is Cc1cccc(NC(=O)C2CCCN(c3ccnc(C)n3)C2)n1. The highest BCUT2D eigenvalue weighted by atomic mass is 16.2. The Bertz CT molecular complexity index is 703. The Morgan fingerprint density at radius 2 is 2.13 bits per heavy atom. The first-order valence-electron chi connectivity index (χ1n) is 7.91. The molecule has 1 amide bonds. The standard InChI is InChI=1S/C17H21N5O/c1-12-5-3-7-15(19-12)21-17(23)14-6-4-10-22(11-14)16-8-9-18-13(2)20-16/h3,5,7-9,14H,4,6,10-11H2,1-2H3,(H,19,21,23). The van der Waals surface area contributed by atoms with Gasteiger partial charge in [-0.15, -0.1) is 0 Å². The lowest BCUT2D eigenvalue weighted by Gasteiger charge is -2.32. The highest BCUT2D eigenvalue weighted by molar-refractivity contribution is 5.92. The van der Waals surface area contributed by atoms with Crippen molar-refractivity contribution < 1.29 is 4.79 Å². The van der Waals surface area contributed by atoms with Crippen LogP contribution in [0.4, 0.5) is 11.6 Å². The van der Waals surface area contributed by atoms with Crippen LogP contribution in [0, 0.1) is 19.8 Å². The second-order valence-corrected chi connectivity index (χ2v) is 5.90. The fraction of sp³-hybridized carbons (Fsp3) is 0.412. The molecule has 1 aliphatic rings. The zero-order valence-electron chi connectivity index (χ0n) is 13.5. The Labute approximate surface area is 136 Å². The van der Waals surface area contributed by atoms with E-state index in [1.54, 1.807) is 6.20 Å². The van der Waals surface area contributed by atoms with Gasteiger partial charge in [0.15, 0.2) is 0 Å². The molecule has 0 aromatic carbocycles. The van der Waals surface area contributed by atoms with Crippen molar-refractivity contribution in [3.05, 3.63) is 42.0 Å². The molecule has 1 N–H and O–H groups in total. The Morgan fingerprint density at radius 3 is 2.91 bits per heavy atom. The van der Waals surface area contributed by atoms with E-state index in [1.165, 1.54) is 0 Å². The van der Waals surface area contributed by atoms with E-state index in [0.29, 0.717) is 12.4 Å². The largest absolute Gasteiger partial charge is 0.356 e. The molecule has 1 unspecified atom stereocenters. The molecule has 0 spiro atoms. The number of nitrogens with one attached hydrogen (secondary N) is 1. The third-order valence-corrected chi connectivity index (χ3v) is 4.02. The average molecular weight is 311 g/mol. The van der Waals surface area contributed by atoms with E-state index in [0.717, 1.165) is 36.7 Å². The minimum Gasteiger partial charge on any atom is -0.356 e. The molecular weight excluding hydrogens is 290 g/mol. The number of pyridine rings is 1. The molecular formula is C17H21N5O. The van der Waals surface area contributed by atoms with E-state index in [9.17, 15) is 4.79 Å². The summed E-state index contributed by atoms with van der Waals surface area (Å²) in [6.07, 6.45) is 3.62. The Hall–Kier alpha value is -2.50. The quantitative estimate of drug-likeness (QED) is 0.942. The van der Waals surface area contributed by atoms with Crippen LogP contribution in [0.15, 0.2) is 30.5 Å². The second-order valence-electron chi connectivity index (χ2n) is 5.90. The van der Waals surface area contributed by atoms with E-state index in [4.69, 9.17) is 0 Å². The summed E-state index contributed by atoms with van der Waals surface area (Å²) in [7, 11) is 0. The van der Waals surface area contributed by atoms with Gasteiger partial charge in [-0.1, -0.05) is 6.07 Å². The van der Waals surface area contributed by atoms with E-state index in [2.05, 4.69) is 25.2 Å². The third kappa shape index (κ3) is 3.83. The van der Waals surface area contributed by atoms with Crippen molar-refractivity contribution in [1.82, 2.24) is 15.0 Å². The van der Waals surface area contributed by atoms with Crippen LogP contribution in [0.25, 0.3) is 0 Å². The lowest BCUT2D eigenvalue weighted by molar-refractivity contribution is -0.120. The second kappa shape index (κ2) is 6.73. The summed E-state index contributed by atoms with van der Waals surface area (Å²) in [6, 6.07) is 7.53. The first-order valence-corrected chi connectivity index (χ1v) is 7.91. The van der Waals surface area contributed by atoms with E-state index < -0.39 is 0 Å². The van der Waals surface area contributed by atoms with Crippen molar-refractivity contribution in [2.75, 3.05) is 23.3 Å². The first-order chi connectivity index (χ1) is 11.1. The van der Waals surface area contributed by atoms with Gasteiger partial charge in [0.2, 0.25) is 5.91 Å². The molecule has 1 fully saturated rings. The highest BCUT2D eigenvalue weighted by Crippen LogP contribution is 2.22. The van der Waals surface area contributed by atoms with Gasteiger partial charge < -0.3 is 10.2 Å². The molecule has 0 bridgehead atoms. The number of amides is 1. The number of aromatic nitrogens is 3. The van der Waals surface area contributed by atoms with Crippen LogP contribution in [0.3, 0.4) is 0 Å². The topological polar surface area (TPSA) is 71.0 Å². The molecule has 23 heavy (non-hydrogen) atoms. The lowest BCUT2D eigenvalue weighted by atomic mass is 9.97. The molecule has 6 nitrogen and oxygen atoms in total. The van der Waals surface area contributed by atoms with Crippen molar-refractivity contribution >= 4 is 17.5 Å². The summed E-state index contributed by atoms with van der Waals surface area (Å²) >= 11 is 0. The minimum atomic E-state index is -0.0543. The van der Waals surface area contributed by atoms with Gasteiger partial charge in [0.25, 0.3) is 0 Å². The first kappa shape index (κ1) is 15.4. The lowest BCUT2D eigenvalue weighted by Crippen LogP contribution is -2.41. The summed E-state index contributed by atoms with van der Waals surface area (Å²) < 4.78 is 0. The molecule has 2 aromatic heterocycles. The van der Waals surface area contributed by atoms with Crippen molar-refractivity contribution in [2.45, 2.75) is 26.7 Å². The maximum absolute atomic E-state index is 12.5. The number of piperidine rings is 1. The minimum absolute atomic E-state index is 0.0265. The number of rotatable bonds is 3. The molecule has 1 saturated heterocycles. The van der Waals surface area contributed by atoms with E-state index in [-0.39, 0.29) is 11.8 Å². The number of aryl methyl sites for hydroxylation is 2. The van der Waals surface area contributed by atoms with Gasteiger partial charge >= 0.3 is 0 Å². The van der Waals surface area contributed by atoms with Crippen molar-refractivity contribution in [2.24, 2.45) is 5.92 Å². The number of nitrogens with zero attached hydrogens (tertiary/aromatic N) is 4. The maximum Gasteiger partial charge on any atom is 0.230 e. The smallest absolute Gasteiger partial charge is 0.230 e. The fourth-order valence-corrected chi connectivity index (χ4v) is 2.86. The summed E-state index contributed by atoms with van der Waals surface area (Å²) in [5, 5.41) is 2.93. The monoisotopic (exact) mass is 311 g/mol. The normalized spacial score (nSPS) is 17.8. The average Bonchev–Trinajstić information content (AvgIpc) is 2.55. The predicted molar refractivity (Wildman–Crippen MR) is 89.3 cm³/mol. The molecule has 3 rings (SSSR count). The fourth-order valence-electron chi connectivity index (χ4n) is 2.86. The van der Waals surface area contributed by atoms with E-state index >= 15 is 0 Å². The number of hydrogen-bond acceptors (Lipinski definition) is 5. The van der Waals surface area contributed by atoms with Crippen LogP contribution in [0.1, 0.15) is 24.4 Å². The summed E-state index contributed by atoms with van der Waals surface area (Å²) in [5.74, 6) is 2.23. The zero-order chi connectivity index (χ0) is 16.2.